The predicted molar refractivity (Wildman–Crippen MR) is 73.9 cm³/mol. The molecular weight excluding hydrogens is 258 g/mol. The van der Waals surface area contributed by atoms with Gasteiger partial charge in [0.2, 0.25) is 0 Å². The molecule has 0 aliphatic rings. The molecular formula is C12H16ClNO2S. The van der Waals surface area contributed by atoms with E-state index in [2.05, 4.69) is 0 Å². The summed E-state index contributed by atoms with van der Waals surface area (Å²) < 4.78 is 10.9. The molecule has 0 heterocycles. The Kier molecular flexibility index (Phi) is 5.68. The van der Waals surface area contributed by atoms with Crippen molar-refractivity contribution in [2.75, 3.05) is 13.2 Å². The number of benzene rings is 1. The van der Waals surface area contributed by atoms with Crippen molar-refractivity contribution in [1.29, 1.82) is 0 Å². The summed E-state index contributed by atoms with van der Waals surface area (Å²) in [7, 11) is 0. The monoisotopic (exact) mass is 273 g/mol. The van der Waals surface area contributed by atoms with Crippen molar-refractivity contribution in [1.82, 2.24) is 0 Å². The third-order valence-electron chi connectivity index (χ3n) is 2.10. The summed E-state index contributed by atoms with van der Waals surface area (Å²) in [6, 6.07) is 5.25. The van der Waals surface area contributed by atoms with Gasteiger partial charge in [0, 0.05) is 12.2 Å². The first-order valence-electron chi connectivity index (χ1n) is 5.38. The minimum absolute atomic E-state index is 0.0527. The molecule has 0 saturated heterocycles. The van der Waals surface area contributed by atoms with E-state index >= 15 is 0 Å². The lowest BCUT2D eigenvalue weighted by Gasteiger charge is -2.15. The van der Waals surface area contributed by atoms with Crippen molar-refractivity contribution in [3.05, 3.63) is 28.8 Å². The zero-order valence-electron chi connectivity index (χ0n) is 9.90. The van der Waals surface area contributed by atoms with E-state index in [0.29, 0.717) is 29.0 Å². The Balaban J connectivity index is 2.69. The van der Waals surface area contributed by atoms with Crippen LogP contribution in [0.2, 0.25) is 5.02 Å². The maximum absolute atomic E-state index is 6.07. The third kappa shape index (κ3) is 4.50. The molecule has 17 heavy (non-hydrogen) atoms. The Bertz CT molecular complexity index is 398. The fourth-order valence-corrected chi connectivity index (χ4v) is 1.64. The number of ether oxygens (including phenoxy) is 2. The number of nitrogens with two attached hydrogens (primary N) is 1. The van der Waals surface area contributed by atoms with Crippen LogP contribution >= 0.6 is 23.8 Å². The molecule has 1 rings (SSSR count). The van der Waals surface area contributed by atoms with Gasteiger partial charge < -0.3 is 15.2 Å². The van der Waals surface area contributed by atoms with Gasteiger partial charge >= 0.3 is 0 Å². The maximum atomic E-state index is 6.07. The van der Waals surface area contributed by atoms with Gasteiger partial charge in [-0.1, -0.05) is 23.8 Å². The van der Waals surface area contributed by atoms with Crippen LogP contribution in [0.15, 0.2) is 18.2 Å². The molecule has 0 saturated carbocycles. The summed E-state index contributed by atoms with van der Waals surface area (Å²) in [6.07, 6.45) is -0.0527. The number of hydrogen-bond donors (Lipinski definition) is 1. The van der Waals surface area contributed by atoms with Crippen LogP contribution < -0.4 is 10.5 Å². The molecule has 0 bridgehead atoms. The van der Waals surface area contributed by atoms with Crippen molar-refractivity contribution in [2.24, 2.45) is 5.73 Å². The molecule has 1 unspecified atom stereocenters. The lowest BCUT2D eigenvalue weighted by atomic mass is 10.2. The minimum Gasteiger partial charge on any atom is -0.487 e. The van der Waals surface area contributed by atoms with Gasteiger partial charge in [-0.05, 0) is 32.0 Å². The van der Waals surface area contributed by atoms with Crippen LogP contribution in [0.5, 0.6) is 5.75 Å². The molecule has 0 aliphatic heterocycles. The van der Waals surface area contributed by atoms with Gasteiger partial charge in [0.25, 0.3) is 0 Å². The summed E-state index contributed by atoms with van der Waals surface area (Å²) in [4.78, 5) is 0.320. The average Bonchev–Trinajstić information content (AvgIpc) is 2.28. The Hall–Kier alpha value is -0.840. The van der Waals surface area contributed by atoms with E-state index < -0.39 is 0 Å². The van der Waals surface area contributed by atoms with Gasteiger partial charge in [-0.25, -0.2) is 0 Å². The highest BCUT2D eigenvalue weighted by Gasteiger charge is 2.09. The quantitative estimate of drug-likeness (QED) is 0.810. The van der Waals surface area contributed by atoms with Crippen molar-refractivity contribution in [3.8, 4) is 5.75 Å². The lowest BCUT2D eigenvalue weighted by molar-refractivity contribution is 0.0658. The predicted octanol–water partition coefficient (Wildman–Crippen LogP) is 2.78. The summed E-state index contributed by atoms with van der Waals surface area (Å²) in [5.41, 5.74) is 6.24. The van der Waals surface area contributed by atoms with Gasteiger partial charge in [-0.15, -0.1) is 0 Å². The molecule has 0 amide bonds. The normalized spacial score (nSPS) is 12.2. The van der Waals surface area contributed by atoms with Gasteiger partial charge in [0.1, 0.15) is 16.8 Å². The van der Waals surface area contributed by atoms with Gasteiger partial charge in [0.15, 0.2) is 0 Å². The zero-order chi connectivity index (χ0) is 12.8. The smallest absolute Gasteiger partial charge is 0.138 e. The lowest BCUT2D eigenvalue weighted by Crippen LogP contribution is -2.19. The van der Waals surface area contributed by atoms with Crippen molar-refractivity contribution < 1.29 is 9.47 Å². The molecule has 94 valence electrons. The molecule has 0 radical (unpaired) electrons. The number of hydrogen-bond acceptors (Lipinski definition) is 3. The first-order valence-corrected chi connectivity index (χ1v) is 6.17. The minimum atomic E-state index is -0.0527. The van der Waals surface area contributed by atoms with E-state index in [0.717, 1.165) is 5.56 Å². The Morgan fingerprint density at radius 1 is 1.53 bits per heavy atom. The average molecular weight is 274 g/mol. The first kappa shape index (κ1) is 14.2. The van der Waals surface area contributed by atoms with Crippen LogP contribution in [0.1, 0.15) is 19.4 Å². The van der Waals surface area contributed by atoms with Gasteiger partial charge in [-0.3, -0.25) is 0 Å². The van der Waals surface area contributed by atoms with E-state index in [1.807, 2.05) is 13.8 Å². The standard InChI is InChI=1S/C12H16ClNO2S/c1-3-15-7-8(2)16-11-5-4-9(12(14)17)6-10(11)13/h4-6,8H,3,7H2,1-2H3,(H2,14,17). The summed E-state index contributed by atoms with van der Waals surface area (Å²) in [6.45, 7) is 5.07. The molecule has 1 aromatic carbocycles. The molecule has 0 aliphatic carbocycles. The van der Waals surface area contributed by atoms with E-state index in [9.17, 15) is 0 Å². The van der Waals surface area contributed by atoms with Crippen LogP contribution in [0.3, 0.4) is 0 Å². The Labute approximate surface area is 112 Å². The second kappa shape index (κ2) is 6.79. The van der Waals surface area contributed by atoms with Crippen LogP contribution in [0, 0.1) is 0 Å². The molecule has 0 fully saturated rings. The second-order valence-corrected chi connectivity index (χ2v) is 4.44. The Morgan fingerprint density at radius 3 is 2.76 bits per heavy atom. The fourth-order valence-electron chi connectivity index (χ4n) is 1.28. The molecule has 3 nitrogen and oxygen atoms in total. The topological polar surface area (TPSA) is 44.5 Å². The highest BCUT2D eigenvalue weighted by Crippen LogP contribution is 2.26. The van der Waals surface area contributed by atoms with E-state index in [-0.39, 0.29) is 6.10 Å². The highest BCUT2D eigenvalue weighted by molar-refractivity contribution is 7.80. The summed E-state index contributed by atoms with van der Waals surface area (Å²) in [5, 5.41) is 0.499. The van der Waals surface area contributed by atoms with Gasteiger partial charge in [-0.2, -0.15) is 0 Å². The van der Waals surface area contributed by atoms with E-state index in [1.165, 1.54) is 0 Å². The molecule has 0 aromatic heterocycles. The largest absolute Gasteiger partial charge is 0.487 e. The number of thiocarbonyl (C=S) groups is 1. The van der Waals surface area contributed by atoms with Crippen LogP contribution in [-0.2, 0) is 4.74 Å². The van der Waals surface area contributed by atoms with E-state index in [4.69, 9.17) is 39.0 Å². The van der Waals surface area contributed by atoms with Gasteiger partial charge in [0.05, 0.1) is 11.6 Å². The molecule has 1 aromatic rings. The molecule has 5 heteroatoms. The van der Waals surface area contributed by atoms with Crippen molar-refractivity contribution in [2.45, 2.75) is 20.0 Å². The fraction of sp³-hybridized carbons (Fsp3) is 0.417. The SMILES string of the molecule is CCOCC(C)Oc1ccc(C(N)=S)cc1Cl. The highest BCUT2D eigenvalue weighted by atomic mass is 35.5. The summed E-state index contributed by atoms with van der Waals surface area (Å²) >= 11 is 10.9. The van der Waals surface area contributed by atoms with Crippen LogP contribution in [0.25, 0.3) is 0 Å². The van der Waals surface area contributed by atoms with Crippen LogP contribution in [-0.4, -0.2) is 24.3 Å². The third-order valence-corrected chi connectivity index (χ3v) is 2.63. The van der Waals surface area contributed by atoms with E-state index in [1.54, 1.807) is 18.2 Å². The molecule has 1 atom stereocenters. The zero-order valence-corrected chi connectivity index (χ0v) is 11.5. The Morgan fingerprint density at radius 2 is 2.24 bits per heavy atom. The van der Waals surface area contributed by atoms with Crippen LogP contribution in [0.4, 0.5) is 0 Å². The maximum Gasteiger partial charge on any atom is 0.138 e. The van der Waals surface area contributed by atoms with Crippen molar-refractivity contribution >= 4 is 28.8 Å². The first-order chi connectivity index (χ1) is 8.04. The van der Waals surface area contributed by atoms with Crippen molar-refractivity contribution in [3.63, 3.8) is 0 Å². The second-order valence-electron chi connectivity index (χ2n) is 3.60. The molecule has 0 spiro atoms. The molecule has 2 N–H and O–H groups in total. The number of halogens is 1. The summed E-state index contributed by atoms with van der Waals surface area (Å²) in [5.74, 6) is 0.610. The number of rotatable bonds is 6.